The number of hydrogen-bond donors (Lipinski definition) is 1. The van der Waals surface area contributed by atoms with Gasteiger partial charge in [0.05, 0.1) is 24.0 Å². The number of amides is 2. The number of piperidine rings is 1. The quantitative estimate of drug-likeness (QED) is 0.474. The summed E-state index contributed by atoms with van der Waals surface area (Å²) in [5, 5.41) is 2.87. The molecule has 0 atom stereocenters. The van der Waals surface area contributed by atoms with Crippen molar-refractivity contribution in [3.8, 4) is 0 Å². The lowest BCUT2D eigenvalue weighted by Crippen LogP contribution is -2.37. The number of aromatic nitrogens is 2. The van der Waals surface area contributed by atoms with Gasteiger partial charge in [0, 0.05) is 38.0 Å². The highest BCUT2D eigenvalue weighted by Gasteiger charge is 2.27. The van der Waals surface area contributed by atoms with E-state index in [1.54, 1.807) is 18.6 Å². The van der Waals surface area contributed by atoms with Crippen LogP contribution in [0.4, 0.5) is 5.69 Å². The zero-order valence-electron chi connectivity index (χ0n) is 23.0. The van der Waals surface area contributed by atoms with Crippen LogP contribution < -0.4 is 5.32 Å². The first-order valence-electron chi connectivity index (χ1n) is 13.6. The van der Waals surface area contributed by atoms with Crippen LogP contribution in [0, 0.1) is 6.92 Å². The van der Waals surface area contributed by atoms with E-state index in [0.29, 0.717) is 19.5 Å². The van der Waals surface area contributed by atoms with Crippen LogP contribution in [-0.4, -0.2) is 39.8 Å². The van der Waals surface area contributed by atoms with E-state index in [1.165, 1.54) is 41.2 Å². The van der Waals surface area contributed by atoms with Crippen molar-refractivity contribution in [2.24, 2.45) is 0 Å². The average molecular weight is 511 g/mol. The Bertz CT molecular complexity index is 1320. The summed E-state index contributed by atoms with van der Waals surface area (Å²) < 4.78 is 0. The summed E-state index contributed by atoms with van der Waals surface area (Å²) in [5.74, 6) is 0.0669. The minimum atomic E-state index is -0.0957. The van der Waals surface area contributed by atoms with Crippen molar-refractivity contribution in [3.05, 3.63) is 94.1 Å². The molecule has 0 saturated carbocycles. The first kappa shape index (κ1) is 27.2. The molecule has 1 aromatic carbocycles. The fourth-order valence-electron chi connectivity index (χ4n) is 5.19. The van der Waals surface area contributed by atoms with Gasteiger partial charge in [0.2, 0.25) is 11.8 Å². The van der Waals surface area contributed by atoms with Gasteiger partial charge in [-0.2, -0.15) is 0 Å². The Hall–Kier alpha value is -3.80. The second kappa shape index (κ2) is 12.6. The van der Waals surface area contributed by atoms with Crippen LogP contribution >= 0.6 is 0 Å². The molecule has 3 aromatic rings. The lowest BCUT2D eigenvalue weighted by Gasteiger charge is -2.30. The van der Waals surface area contributed by atoms with E-state index < -0.39 is 0 Å². The Kier molecular flexibility index (Phi) is 9.06. The molecule has 0 spiro atoms. The van der Waals surface area contributed by atoms with Gasteiger partial charge in [-0.15, -0.1) is 0 Å². The molecule has 1 N–H and O–H groups in total. The van der Waals surface area contributed by atoms with Gasteiger partial charge in [-0.3, -0.25) is 19.6 Å². The van der Waals surface area contributed by atoms with Crippen molar-refractivity contribution in [3.63, 3.8) is 0 Å². The van der Waals surface area contributed by atoms with E-state index >= 15 is 0 Å². The Morgan fingerprint density at radius 1 is 0.947 bits per heavy atom. The van der Waals surface area contributed by atoms with Crippen molar-refractivity contribution in [1.82, 2.24) is 14.9 Å². The van der Waals surface area contributed by atoms with Gasteiger partial charge in [-0.1, -0.05) is 49.6 Å². The van der Waals surface area contributed by atoms with E-state index in [1.807, 2.05) is 17.0 Å². The van der Waals surface area contributed by atoms with Crippen molar-refractivity contribution in [2.45, 2.75) is 66.2 Å². The predicted molar refractivity (Wildman–Crippen MR) is 153 cm³/mol. The molecule has 0 bridgehead atoms. The summed E-state index contributed by atoms with van der Waals surface area (Å²) in [5.41, 5.74) is 10.3. The van der Waals surface area contributed by atoms with E-state index in [9.17, 15) is 9.59 Å². The third kappa shape index (κ3) is 6.55. The molecule has 6 heteroatoms. The van der Waals surface area contributed by atoms with Gasteiger partial charge in [0.25, 0.3) is 0 Å². The average Bonchev–Trinajstić information content (AvgIpc) is 3.06. The maximum atomic E-state index is 12.9. The van der Waals surface area contributed by atoms with E-state index in [2.05, 4.69) is 55.3 Å². The largest absolute Gasteiger partial charge is 0.342 e. The lowest BCUT2D eigenvalue weighted by molar-refractivity contribution is -0.130. The zero-order valence-corrected chi connectivity index (χ0v) is 23.0. The summed E-state index contributed by atoms with van der Waals surface area (Å²) in [7, 11) is 0. The number of carbonyl (C=O) groups is 2. The minimum absolute atomic E-state index is 0.0957. The Morgan fingerprint density at radius 2 is 1.63 bits per heavy atom. The smallest absolute Gasteiger partial charge is 0.227 e. The number of nitrogens with zero attached hydrogens (tertiary/aromatic N) is 3. The molecule has 198 valence electrons. The molecule has 1 aliphatic heterocycles. The third-order valence-corrected chi connectivity index (χ3v) is 6.90. The van der Waals surface area contributed by atoms with Crippen molar-refractivity contribution >= 4 is 23.1 Å². The van der Waals surface area contributed by atoms with Crippen molar-refractivity contribution in [2.75, 3.05) is 18.4 Å². The molecule has 1 fully saturated rings. The van der Waals surface area contributed by atoms with Gasteiger partial charge < -0.3 is 10.2 Å². The predicted octanol–water partition coefficient (Wildman–Crippen LogP) is 5.93. The molecule has 6 nitrogen and oxygen atoms in total. The summed E-state index contributed by atoms with van der Waals surface area (Å²) in [4.78, 5) is 35.4. The second-order valence-electron chi connectivity index (χ2n) is 10.2. The highest BCUT2D eigenvalue weighted by atomic mass is 16.2. The maximum absolute atomic E-state index is 12.9. The fourth-order valence-corrected chi connectivity index (χ4v) is 5.19. The van der Waals surface area contributed by atoms with Crippen LogP contribution in [0.5, 0.6) is 0 Å². The molecule has 2 amide bonds. The topological polar surface area (TPSA) is 75.2 Å². The Labute approximate surface area is 226 Å². The number of nitrogens with one attached hydrogen (secondary N) is 1. The molecule has 5 rings (SSSR count). The van der Waals surface area contributed by atoms with Crippen LogP contribution in [0.1, 0.15) is 73.5 Å². The fraction of sp³-hybridized carbons (Fsp3) is 0.375. The molecule has 1 saturated heterocycles. The molecular weight excluding hydrogens is 472 g/mol. The van der Waals surface area contributed by atoms with Crippen LogP contribution in [0.25, 0.3) is 5.57 Å². The molecule has 3 heterocycles. The number of anilines is 1. The SMILES string of the molecule is CC(=O)Nc1cnc2c(c1)CCc1cc(C)ccc1C2=C1CCN(C(=O)Cc2ccncc2)CC1.CCC. The van der Waals surface area contributed by atoms with Crippen LogP contribution in [0.15, 0.2) is 60.6 Å². The van der Waals surface area contributed by atoms with Crippen LogP contribution in [0.2, 0.25) is 0 Å². The molecular formula is C32H38N4O2. The van der Waals surface area contributed by atoms with Crippen molar-refractivity contribution in [1.29, 1.82) is 0 Å². The molecule has 0 unspecified atom stereocenters. The number of hydrogen-bond acceptors (Lipinski definition) is 4. The number of fused-ring (bicyclic) bond motifs is 2. The molecule has 38 heavy (non-hydrogen) atoms. The second-order valence-corrected chi connectivity index (χ2v) is 10.2. The summed E-state index contributed by atoms with van der Waals surface area (Å²) >= 11 is 0. The maximum Gasteiger partial charge on any atom is 0.227 e. The van der Waals surface area contributed by atoms with E-state index in [-0.39, 0.29) is 11.8 Å². The van der Waals surface area contributed by atoms with Crippen molar-refractivity contribution < 1.29 is 9.59 Å². The highest BCUT2D eigenvalue weighted by molar-refractivity contribution is 5.90. The highest BCUT2D eigenvalue weighted by Crippen LogP contribution is 2.38. The van der Waals surface area contributed by atoms with Gasteiger partial charge in [0.1, 0.15) is 0 Å². The molecule has 1 aliphatic carbocycles. The van der Waals surface area contributed by atoms with Crippen LogP contribution in [-0.2, 0) is 28.9 Å². The number of likely N-dealkylation sites (tertiary alicyclic amines) is 1. The lowest BCUT2D eigenvalue weighted by atomic mass is 9.88. The van der Waals surface area contributed by atoms with Crippen LogP contribution in [0.3, 0.4) is 0 Å². The third-order valence-electron chi connectivity index (χ3n) is 6.90. The number of carbonyl (C=O) groups excluding carboxylic acids is 2. The minimum Gasteiger partial charge on any atom is -0.342 e. The first-order chi connectivity index (χ1) is 18.4. The summed E-state index contributed by atoms with van der Waals surface area (Å²) in [6.07, 6.45) is 10.4. The number of rotatable bonds is 3. The van der Waals surface area contributed by atoms with Gasteiger partial charge in [-0.25, -0.2) is 0 Å². The van der Waals surface area contributed by atoms with Gasteiger partial charge in [0.15, 0.2) is 0 Å². The number of aryl methyl sites for hydroxylation is 3. The zero-order chi connectivity index (χ0) is 27.1. The van der Waals surface area contributed by atoms with Gasteiger partial charge >= 0.3 is 0 Å². The molecule has 2 aromatic heterocycles. The van der Waals surface area contributed by atoms with E-state index in [4.69, 9.17) is 4.98 Å². The Morgan fingerprint density at radius 3 is 2.32 bits per heavy atom. The summed E-state index contributed by atoms with van der Waals surface area (Å²) in [6.45, 7) is 9.32. The summed E-state index contributed by atoms with van der Waals surface area (Å²) in [6, 6.07) is 12.5. The number of pyridine rings is 2. The molecule has 2 aliphatic rings. The normalized spacial score (nSPS) is 14.5. The number of benzene rings is 1. The molecule has 0 radical (unpaired) electrons. The first-order valence-corrected chi connectivity index (χ1v) is 13.6. The van der Waals surface area contributed by atoms with E-state index in [0.717, 1.165) is 48.2 Å². The van der Waals surface area contributed by atoms with Gasteiger partial charge in [-0.05, 0) is 73.1 Å². The monoisotopic (exact) mass is 510 g/mol. The standard InChI is InChI=1S/C29H30N4O2.C3H8/c1-19-3-6-26-23(15-19)4-5-24-17-25(32-20(2)34)18-31-29(24)28(26)22-9-13-33(14-10-22)27(35)16-21-7-11-30-12-8-21;1-3-2/h3,6-8,11-12,15,17-18H,4-5,9-10,13-14,16H2,1-2H3,(H,32,34);3H2,1-2H3. The Balaban J connectivity index is 0.00000107.